The van der Waals surface area contributed by atoms with Crippen LogP contribution in [0.25, 0.3) is 10.2 Å². The molecule has 1 N–H and O–H groups in total. The summed E-state index contributed by atoms with van der Waals surface area (Å²) in [4.78, 5) is 27.3. The molecule has 4 rings (SSSR count). The normalized spacial score (nSPS) is 15.0. The average molecular weight is 493 g/mol. The van der Waals surface area contributed by atoms with E-state index in [9.17, 15) is 23.3 Å². The summed E-state index contributed by atoms with van der Waals surface area (Å²) in [7, 11) is -3.52. The summed E-state index contributed by atoms with van der Waals surface area (Å²) in [6.45, 7) is 1.09. The lowest BCUT2D eigenvalue weighted by molar-refractivity contribution is -0.384. The van der Waals surface area contributed by atoms with Crippen LogP contribution >= 0.6 is 23.1 Å². The zero-order valence-electron chi connectivity index (χ0n) is 16.9. The fraction of sp³-hybridized carbons (Fsp3) is 0.300. The molecule has 1 amide bonds. The van der Waals surface area contributed by atoms with Crippen LogP contribution in [0.1, 0.15) is 19.3 Å². The number of thiazole rings is 1. The predicted molar refractivity (Wildman–Crippen MR) is 125 cm³/mol. The Kier molecular flexibility index (Phi) is 6.74. The Hall–Kier alpha value is -2.54. The molecule has 2 heterocycles. The Morgan fingerprint density at radius 3 is 2.72 bits per heavy atom. The van der Waals surface area contributed by atoms with Crippen molar-refractivity contribution in [3.63, 3.8) is 0 Å². The molecular weight excluding hydrogens is 472 g/mol. The lowest BCUT2D eigenvalue weighted by Crippen LogP contribution is -2.35. The van der Waals surface area contributed by atoms with E-state index in [-0.39, 0.29) is 22.2 Å². The number of piperidine rings is 1. The molecule has 0 radical (unpaired) electrons. The van der Waals surface area contributed by atoms with Crippen molar-refractivity contribution in [2.45, 2.75) is 28.5 Å². The molecule has 1 saturated heterocycles. The van der Waals surface area contributed by atoms with Crippen molar-refractivity contribution in [1.29, 1.82) is 0 Å². The van der Waals surface area contributed by atoms with Gasteiger partial charge in [0.25, 0.3) is 5.69 Å². The zero-order valence-corrected chi connectivity index (χ0v) is 19.3. The summed E-state index contributed by atoms with van der Waals surface area (Å²) >= 11 is 2.56. The first-order valence-electron chi connectivity index (χ1n) is 9.91. The molecule has 1 fully saturated rings. The highest BCUT2D eigenvalue weighted by atomic mass is 32.2. The molecule has 1 aromatic heterocycles. The maximum Gasteiger partial charge on any atom is 0.271 e. The number of hydrogen-bond donors (Lipinski definition) is 1. The fourth-order valence-electron chi connectivity index (χ4n) is 3.38. The Labute approximate surface area is 193 Å². The van der Waals surface area contributed by atoms with Gasteiger partial charge in [-0.15, -0.1) is 11.3 Å². The van der Waals surface area contributed by atoms with Gasteiger partial charge in [0.05, 0.1) is 25.8 Å². The second kappa shape index (κ2) is 9.53. The Balaban J connectivity index is 1.42. The number of anilines is 1. The highest BCUT2D eigenvalue weighted by Crippen LogP contribution is 2.32. The van der Waals surface area contributed by atoms with E-state index < -0.39 is 14.9 Å². The number of aromatic nitrogens is 1. The number of nitro groups is 1. The minimum atomic E-state index is -3.52. The van der Waals surface area contributed by atoms with Crippen molar-refractivity contribution in [1.82, 2.24) is 9.29 Å². The quantitative estimate of drug-likeness (QED) is 0.299. The average Bonchev–Trinajstić information content (AvgIpc) is 3.21. The Bertz CT molecular complexity index is 1270. The van der Waals surface area contributed by atoms with E-state index in [2.05, 4.69) is 10.3 Å². The van der Waals surface area contributed by atoms with Gasteiger partial charge in [0.1, 0.15) is 0 Å². The van der Waals surface area contributed by atoms with Crippen molar-refractivity contribution >= 4 is 60.6 Å². The first-order chi connectivity index (χ1) is 15.3. The molecule has 3 aromatic rings. The van der Waals surface area contributed by atoms with Crippen LogP contribution in [0.5, 0.6) is 0 Å². The van der Waals surface area contributed by atoms with Crippen LogP contribution < -0.4 is 5.32 Å². The summed E-state index contributed by atoms with van der Waals surface area (Å²) in [6.07, 6.45) is 2.80. The lowest BCUT2D eigenvalue weighted by atomic mass is 10.2. The lowest BCUT2D eigenvalue weighted by Gasteiger charge is -2.25. The third kappa shape index (κ3) is 5.09. The maximum absolute atomic E-state index is 12.9. The van der Waals surface area contributed by atoms with Gasteiger partial charge in [-0.05, 0) is 37.1 Å². The molecule has 2 aromatic carbocycles. The Morgan fingerprint density at radius 2 is 1.97 bits per heavy atom. The third-order valence-corrected chi connectivity index (χ3v) is 9.02. The summed E-state index contributed by atoms with van der Waals surface area (Å²) in [5.41, 5.74) is 0.924. The number of fused-ring (bicyclic) bond motifs is 1. The number of hydrogen-bond acceptors (Lipinski definition) is 8. The molecule has 0 bridgehead atoms. The van der Waals surface area contributed by atoms with E-state index in [4.69, 9.17) is 0 Å². The topological polar surface area (TPSA) is 123 Å². The van der Waals surface area contributed by atoms with E-state index in [1.165, 1.54) is 45.6 Å². The number of nitro benzene ring substituents is 1. The van der Waals surface area contributed by atoms with Gasteiger partial charge in [0.15, 0.2) is 4.34 Å². The molecule has 0 unspecified atom stereocenters. The monoisotopic (exact) mass is 492 g/mol. The minimum Gasteiger partial charge on any atom is -0.325 e. The zero-order chi connectivity index (χ0) is 22.7. The van der Waals surface area contributed by atoms with Crippen LogP contribution in [-0.4, -0.2) is 47.4 Å². The minimum absolute atomic E-state index is 0.0709. The van der Waals surface area contributed by atoms with Crippen LogP contribution in [0.15, 0.2) is 51.7 Å². The molecule has 0 spiro atoms. The van der Waals surface area contributed by atoms with Crippen LogP contribution in [0.4, 0.5) is 11.4 Å². The number of benzene rings is 2. The summed E-state index contributed by atoms with van der Waals surface area (Å²) in [5.74, 6) is -0.246. The molecule has 1 aliphatic heterocycles. The van der Waals surface area contributed by atoms with Gasteiger partial charge in [0.2, 0.25) is 15.9 Å². The standard InChI is InChI=1S/C20H20N4O5S3/c25-19(21-14-5-4-6-15(11-14)24(26)27)13-30-20-22-17-8-7-16(12-18(17)31-20)32(28,29)23-9-2-1-3-10-23/h4-8,11-12H,1-3,9-10,13H2,(H,21,25). The first kappa shape index (κ1) is 22.6. The van der Waals surface area contributed by atoms with Crippen molar-refractivity contribution in [2.75, 3.05) is 24.2 Å². The van der Waals surface area contributed by atoms with E-state index in [1.807, 2.05) is 0 Å². The number of carbonyl (C=O) groups is 1. The number of non-ortho nitro benzene ring substituents is 1. The highest BCUT2D eigenvalue weighted by molar-refractivity contribution is 8.01. The maximum atomic E-state index is 12.9. The summed E-state index contributed by atoms with van der Waals surface area (Å²) in [6, 6.07) is 10.6. The van der Waals surface area contributed by atoms with Crippen LogP contribution in [0.2, 0.25) is 0 Å². The summed E-state index contributed by atoms with van der Waals surface area (Å²) < 4.78 is 28.7. The van der Waals surface area contributed by atoms with Gasteiger partial charge < -0.3 is 5.32 Å². The van der Waals surface area contributed by atoms with Crippen LogP contribution in [0, 0.1) is 10.1 Å². The van der Waals surface area contributed by atoms with Crippen molar-refractivity contribution in [2.24, 2.45) is 0 Å². The molecule has 1 aliphatic rings. The number of amides is 1. The van der Waals surface area contributed by atoms with Crippen molar-refractivity contribution < 1.29 is 18.1 Å². The van der Waals surface area contributed by atoms with Gasteiger partial charge in [-0.2, -0.15) is 4.31 Å². The van der Waals surface area contributed by atoms with Crippen molar-refractivity contribution in [3.8, 4) is 0 Å². The van der Waals surface area contributed by atoms with Gasteiger partial charge in [0, 0.05) is 30.9 Å². The number of carbonyl (C=O) groups excluding carboxylic acids is 1. The van der Waals surface area contributed by atoms with E-state index in [0.29, 0.717) is 28.6 Å². The molecule has 12 heteroatoms. The van der Waals surface area contributed by atoms with E-state index >= 15 is 0 Å². The second-order valence-electron chi connectivity index (χ2n) is 7.22. The van der Waals surface area contributed by atoms with E-state index in [1.54, 1.807) is 24.3 Å². The molecule has 168 valence electrons. The smallest absolute Gasteiger partial charge is 0.271 e. The van der Waals surface area contributed by atoms with Crippen LogP contribution in [-0.2, 0) is 14.8 Å². The van der Waals surface area contributed by atoms with E-state index in [0.717, 1.165) is 24.0 Å². The van der Waals surface area contributed by atoms with Crippen LogP contribution in [0.3, 0.4) is 0 Å². The molecule has 32 heavy (non-hydrogen) atoms. The number of rotatable bonds is 7. The first-order valence-corrected chi connectivity index (χ1v) is 13.1. The van der Waals surface area contributed by atoms with Gasteiger partial charge >= 0.3 is 0 Å². The number of sulfonamides is 1. The SMILES string of the molecule is O=C(CSc1nc2ccc(S(=O)(=O)N3CCCCC3)cc2s1)Nc1cccc([N+](=O)[O-])c1. The number of nitrogens with one attached hydrogen (secondary N) is 1. The molecule has 0 atom stereocenters. The highest BCUT2D eigenvalue weighted by Gasteiger charge is 2.26. The van der Waals surface area contributed by atoms with Gasteiger partial charge in [-0.25, -0.2) is 13.4 Å². The number of nitrogens with zero attached hydrogens (tertiary/aromatic N) is 3. The Morgan fingerprint density at radius 1 is 1.19 bits per heavy atom. The van der Waals surface area contributed by atoms with Crippen molar-refractivity contribution in [3.05, 3.63) is 52.6 Å². The molecular formula is C20H20N4O5S3. The summed E-state index contributed by atoms with van der Waals surface area (Å²) in [5, 5.41) is 13.5. The molecule has 9 nitrogen and oxygen atoms in total. The second-order valence-corrected chi connectivity index (χ2v) is 11.4. The molecule has 0 aliphatic carbocycles. The predicted octanol–water partition coefficient (Wildman–Crippen LogP) is 4.11. The molecule has 0 saturated carbocycles. The number of thioether (sulfide) groups is 1. The van der Waals surface area contributed by atoms with Gasteiger partial charge in [-0.1, -0.05) is 24.2 Å². The third-order valence-electron chi connectivity index (χ3n) is 4.96. The van der Waals surface area contributed by atoms with Gasteiger partial charge in [-0.3, -0.25) is 14.9 Å². The fourth-order valence-corrected chi connectivity index (χ4v) is 6.91. The largest absolute Gasteiger partial charge is 0.325 e.